The van der Waals surface area contributed by atoms with E-state index in [9.17, 15) is 13.2 Å². The first-order valence-electron chi connectivity index (χ1n) is 8.98. The normalized spacial score (nSPS) is 11.3. The number of halogens is 1. The molecule has 0 heterocycles. The van der Waals surface area contributed by atoms with E-state index in [1.165, 1.54) is 36.7 Å². The number of carbonyl (C=O) groups excluding carboxylic acids is 1. The maximum Gasteiger partial charge on any atom is 0.345 e. The van der Waals surface area contributed by atoms with Crippen LogP contribution in [0.4, 0.5) is 0 Å². The molecule has 0 radical (unpaired) electrons. The van der Waals surface area contributed by atoms with Crippen molar-refractivity contribution in [3.8, 4) is 11.5 Å². The van der Waals surface area contributed by atoms with Crippen molar-refractivity contribution in [1.29, 1.82) is 0 Å². The summed E-state index contributed by atoms with van der Waals surface area (Å²) in [4.78, 5) is 12.6. The molecule has 3 rings (SSSR count). The number of esters is 1. The molecular formula is C22H20ClNO5S. The first-order chi connectivity index (χ1) is 14.3. The summed E-state index contributed by atoms with van der Waals surface area (Å²) >= 11 is 6.15. The summed E-state index contributed by atoms with van der Waals surface area (Å²) in [5.41, 5.74) is 0.783. The quantitative estimate of drug-likeness (QED) is 0.398. The number of rotatable bonds is 7. The Kier molecular flexibility index (Phi) is 6.77. The zero-order valence-corrected chi connectivity index (χ0v) is 18.0. The van der Waals surface area contributed by atoms with Crippen LogP contribution in [0.1, 0.15) is 15.9 Å². The van der Waals surface area contributed by atoms with E-state index < -0.39 is 16.0 Å². The summed E-state index contributed by atoms with van der Waals surface area (Å²) in [5, 5.41) is 0.0829. The Bertz CT molecular complexity index is 1150. The second-order valence-electron chi connectivity index (χ2n) is 6.43. The summed E-state index contributed by atoms with van der Waals surface area (Å²) in [5.74, 6) is -0.212. The maximum atomic E-state index is 13.0. The molecule has 0 aliphatic rings. The van der Waals surface area contributed by atoms with Crippen molar-refractivity contribution >= 4 is 27.6 Å². The summed E-state index contributed by atoms with van der Waals surface area (Å²) < 4.78 is 37.7. The number of hydrogen-bond acceptors (Lipinski definition) is 5. The zero-order valence-electron chi connectivity index (χ0n) is 16.4. The lowest BCUT2D eigenvalue weighted by Gasteiger charge is -2.18. The standard InChI is InChI=1S/C22H20ClNO5S/c1-24(15-16-8-4-3-5-9-16)30(26,27)17-12-13-19(23)18(14-17)22(25)29-21-11-7-6-10-20(21)28-2/h3-14H,15H2,1-2H3. The predicted octanol–water partition coefficient (Wildman–Crippen LogP) is 4.39. The Labute approximate surface area is 180 Å². The fraction of sp³-hybridized carbons (Fsp3) is 0.136. The fourth-order valence-electron chi connectivity index (χ4n) is 2.78. The number of carbonyl (C=O) groups is 1. The van der Waals surface area contributed by atoms with Gasteiger partial charge in [-0.1, -0.05) is 54.1 Å². The minimum Gasteiger partial charge on any atom is -0.493 e. The van der Waals surface area contributed by atoms with E-state index in [1.54, 1.807) is 24.3 Å². The Morgan fingerprint density at radius 2 is 1.60 bits per heavy atom. The highest BCUT2D eigenvalue weighted by molar-refractivity contribution is 7.89. The monoisotopic (exact) mass is 445 g/mol. The minimum atomic E-state index is -3.85. The summed E-state index contributed by atoms with van der Waals surface area (Å²) in [6, 6.07) is 19.8. The van der Waals surface area contributed by atoms with Gasteiger partial charge < -0.3 is 9.47 Å². The van der Waals surface area contributed by atoms with Gasteiger partial charge in [0, 0.05) is 13.6 Å². The van der Waals surface area contributed by atoms with Crippen LogP contribution in [0.25, 0.3) is 0 Å². The minimum absolute atomic E-state index is 0.0580. The van der Waals surface area contributed by atoms with Crippen LogP contribution in [-0.2, 0) is 16.6 Å². The lowest BCUT2D eigenvalue weighted by Crippen LogP contribution is -2.26. The Morgan fingerprint density at radius 1 is 0.967 bits per heavy atom. The molecule has 8 heteroatoms. The molecule has 0 aromatic heterocycles. The average Bonchev–Trinajstić information content (AvgIpc) is 2.75. The van der Waals surface area contributed by atoms with Crippen LogP contribution in [-0.4, -0.2) is 32.8 Å². The van der Waals surface area contributed by atoms with Gasteiger partial charge in [0.2, 0.25) is 10.0 Å². The molecule has 0 fully saturated rings. The van der Waals surface area contributed by atoms with Crippen molar-refractivity contribution in [2.45, 2.75) is 11.4 Å². The Hall–Kier alpha value is -2.87. The van der Waals surface area contributed by atoms with Crippen molar-refractivity contribution in [3.63, 3.8) is 0 Å². The molecule has 0 amide bonds. The van der Waals surface area contributed by atoms with Gasteiger partial charge in [0.1, 0.15) is 0 Å². The third-order valence-corrected chi connectivity index (χ3v) is 6.51. The van der Waals surface area contributed by atoms with E-state index in [0.29, 0.717) is 5.75 Å². The first-order valence-corrected chi connectivity index (χ1v) is 10.8. The van der Waals surface area contributed by atoms with Crippen LogP contribution in [0.15, 0.2) is 77.7 Å². The lowest BCUT2D eigenvalue weighted by molar-refractivity contribution is 0.0729. The van der Waals surface area contributed by atoms with Crippen LogP contribution in [0.2, 0.25) is 5.02 Å². The third kappa shape index (κ3) is 4.81. The van der Waals surface area contributed by atoms with Crippen LogP contribution in [0.5, 0.6) is 11.5 Å². The molecule has 6 nitrogen and oxygen atoms in total. The second kappa shape index (κ2) is 9.30. The Balaban J connectivity index is 1.87. The molecule has 0 atom stereocenters. The number of ether oxygens (including phenoxy) is 2. The second-order valence-corrected chi connectivity index (χ2v) is 8.88. The van der Waals surface area contributed by atoms with Gasteiger partial charge in [-0.3, -0.25) is 0 Å². The molecule has 0 saturated heterocycles. The van der Waals surface area contributed by atoms with E-state index in [4.69, 9.17) is 21.1 Å². The van der Waals surface area contributed by atoms with Gasteiger partial charge >= 0.3 is 5.97 Å². The van der Waals surface area contributed by atoms with E-state index in [1.807, 2.05) is 30.3 Å². The largest absolute Gasteiger partial charge is 0.493 e. The predicted molar refractivity (Wildman–Crippen MR) is 114 cm³/mol. The smallest absolute Gasteiger partial charge is 0.345 e. The highest BCUT2D eigenvalue weighted by atomic mass is 35.5. The van der Waals surface area contributed by atoms with Gasteiger partial charge in [-0.2, -0.15) is 4.31 Å². The zero-order chi connectivity index (χ0) is 21.7. The summed E-state index contributed by atoms with van der Waals surface area (Å²) in [6.45, 7) is 0.187. The molecule has 0 aliphatic heterocycles. The molecule has 0 aliphatic carbocycles. The molecule has 0 unspecified atom stereocenters. The van der Waals surface area contributed by atoms with Crippen LogP contribution in [0, 0.1) is 0 Å². The molecule has 0 bridgehead atoms. The van der Waals surface area contributed by atoms with Crippen LogP contribution in [0.3, 0.4) is 0 Å². The van der Waals surface area contributed by atoms with Gasteiger partial charge in [-0.15, -0.1) is 0 Å². The van der Waals surface area contributed by atoms with E-state index in [2.05, 4.69) is 0 Å². The summed E-state index contributed by atoms with van der Waals surface area (Å²) in [6.07, 6.45) is 0. The lowest BCUT2D eigenvalue weighted by atomic mass is 10.2. The molecule has 0 spiro atoms. The maximum absolute atomic E-state index is 13.0. The number of para-hydroxylation sites is 2. The fourth-order valence-corrected chi connectivity index (χ4v) is 4.17. The molecular weight excluding hydrogens is 426 g/mol. The molecule has 3 aromatic rings. The number of benzene rings is 3. The number of methoxy groups -OCH3 is 1. The highest BCUT2D eigenvalue weighted by Crippen LogP contribution is 2.29. The molecule has 156 valence electrons. The summed E-state index contributed by atoms with van der Waals surface area (Å²) in [7, 11) is -0.924. The van der Waals surface area contributed by atoms with Crippen molar-refractivity contribution in [1.82, 2.24) is 4.31 Å². The van der Waals surface area contributed by atoms with Gasteiger partial charge in [-0.25, -0.2) is 13.2 Å². The van der Waals surface area contributed by atoms with Crippen molar-refractivity contribution in [2.24, 2.45) is 0 Å². The van der Waals surface area contributed by atoms with Crippen molar-refractivity contribution in [2.75, 3.05) is 14.2 Å². The van der Waals surface area contributed by atoms with Crippen molar-refractivity contribution < 1.29 is 22.7 Å². The SMILES string of the molecule is COc1ccccc1OC(=O)c1cc(S(=O)(=O)N(C)Cc2ccccc2)ccc1Cl. The molecule has 0 saturated carbocycles. The van der Waals surface area contributed by atoms with Crippen molar-refractivity contribution in [3.05, 3.63) is 88.9 Å². The first kappa shape index (κ1) is 21.8. The highest BCUT2D eigenvalue weighted by Gasteiger charge is 2.24. The van der Waals surface area contributed by atoms with E-state index in [-0.39, 0.29) is 27.8 Å². The number of nitrogens with zero attached hydrogens (tertiary/aromatic N) is 1. The van der Waals surface area contributed by atoms with E-state index in [0.717, 1.165) is 5.56 Å². The molecule has 30 heavy (non-hydrogen) atoms. The topological polar surface area (TPSA) is 72.9 Å². The van der Waals surface area contributed by atoms with E-state index >= 15 is 0 Å². The third-order valence-electron chi connectivity index (χ3n) is 4.39. The van der Waals surface area contributed by atoms with Crippen LogP contribution >= 0.6 is 11.6 Å². The Morgan fingerprint density at radius 3 is 2.27 bits per heavy atom. The van der Waals surface area contributed by atoms with Gasteiger partial charge in [-0.05, 0) is 35.9 Å². The van der Waals surface area contributed by atoms with Gasteiger partial charge in [0.25, 0.3) is 0 Å². The number of sulfonamides is 1. The molecule has 3 aromatic carbocycles. The number of hydrogen-bond donors (Lipinski definition) is 0. The van der Waals surface area contributed by atoms with Gasteiger partial charge in [0.15, 0.2) is 11.5 Å². The average molecular weight is 446 g/mol. The van der Waals surface area contributed by atoms with Gasteiger partial charge in [0.05, 0.1) is 22.6 Å². The molecule has 0 N–H and O–H groups in total. The van der Waals surface area contributed by atoms with Crippen LogP contribution < -0.4 is 9.47 Å².